The zero-order valence-corrected chi connectivity index (χ0v) is 13.2. The summed E-state index contributed by atoms with van der Waals surface area (Å²) in [6.07, 6.45) is 2.11. The van der Waals surface area contributed by atoms with E-state index in [9.17, 15) is 0 Å². The maximum absolute atomic E-state index is 5.64. The van der Waals surface area contributed by atoms with Crippen LogP contribution < -0.4 is 4.74 Å². The SMILES string of the molecule is CCCCOc1ccc2nnc(-c3ccc(Br)cc3)n2n1. The molecule has 0 saturated carbocycles. The number of benzene rings is 1. The summed E-state index contributed by atoms with van der Waals surface area (Å²) in [5.74, 6) is 1.30. The van der Waals surface area contributed by atoms with E-state index >= 15 is 0 Å². The number of rotatable bonds is 5. The summed E-state index contributed by atoms with van der Waals surface area (Å²) in [5.41, 5.74) is 1.67. The van der Waals surface area contributed by atoms with Crippen molar-refractivity contribution in [2.75, 3.05) is 6.61 Å². The molecular formula is C15H15BrN4O. The molecule has 0 atom stereocenters. The molecule has 3 rings (SSSR count). The Morgan fingerprint density at radius 1 is 1.10 bits per heavy atom. The molecule has 5 nitrogen and oxygen atoms in total. The van der Waals surface area contributed by atoms with Crippen LogP contribution in [0.5, 0.6) is 5.88 Å². The summed E-state index contributed by atoms with van der Waals surface area (Å²) in [7, 11) is 0. The summed E-state index contributed by atoms with van der Waals surface area (Å²) < 4.78 is 8.38. The normalized spacial score (nSPS) is 11.0. The second-order valence-corrected chi connectivity index (χ2v) is 5.59. The number of halogens is 1. The molecule has 0 bridgehead atoms. The van der Waals surface area contributed by atoms with Crippen LogP contribution >= 0.6 is 15.9 Å². The molecule has 6 heteroatoms. The maximum atomic E-state index is 5.64. The van der Waals surface area contributed by atoms with Crippen molar-refractivity contribution >= 4 is 21.6 Å². The average Bonchev–Trinajstić information content (AvgIpc) is 2.92. The first kappa shape index (κ1) is 14.0. The lowest BCUT2D eigenvalue weighted by Gasteiger charge is -2.05. The predicted octanol–water partition coefficient (Wildman–Crippen LogP) is 3.73. The summed E-state index contributed by atoms with van der Waals surface area (Å²) in [6.45, 7) is 2.80. The van der Waals surface area contributed by atoms with Gasteiger partial charge in [-0.15, -0.1) is 15.3 Å². The Bertz CT molecular complexity index is 739. The second kappa shape index (κ2) is 6.22. The lowest BCUT2D eigenvalue weighted by Crippen LogP contribution is -2.02. The third-order valence-electron chi connectivity index (χ3n) is 3.09. The highest BCUT2D eigenvalue weighted by atomic mass is 79.9. The molecule has 0 spiro atoms. The van der Waals surface area contributed by atoms with Gasteiger partial charge in [0.2, 0.25) is 5.88 Å². The Hall–Kier alpha value is -1.95. The molecule has 0 radical (unpaired) electrons. The van der Waals surface area contributed by atoms with Gasteiger partial charge in [-0.3, -0.25) is 0 Å². The van der Waals surface area contributed by atoms with Crippen LogP contribution in [0.25, 0.3) is 17.0 Å². The standard InChI is InChI=1S/C15H15BrN4O/c1-2-3-10-21-14-9-8-13-17-18-15(20(13)19-14)11-4-6-12(16)7-5-11/h4-9H,2-3,10H2,1H3. The van der Waals surface area contributed by atoms with Gasteiger partial charge in [-0.2, -0.15) is 4.52 Å². The van der Waals surface area contributed by atoms with Crippen molar-refractivity contribution < 1.29 is 4.74 Å². The Morgan fingerprint density at radius 3 is 2.67 bits per heavy atom. The highest BCUT2D eigenvalue weighted by Crippen LogP contribution is 2.21. The van der Waals surface area contributed by atoms with Crippen LogP contribution in [-0.2, 0) is 0 Å². The van der Waals surface area contributed by atoms with Gasteiger partial charge in [0, 0.05) is 16.1 Å². The van der Waals surface area contributed by atoms with Crippen LogP contribution in [0.4, 0.5) is 0 Å². The molecule has 0 N–H and O–H groups in total. The monoisotopic (exact) mass is 346 g/mol. The quantitative estimate of drug-likeness (QED) is 0.660. The van der Waals surface area contributed by atoms with Crippen molar-refractivity contribution in [2.24, 2.45) is 0 Å². The van der Waals surface area contributed by atoms with Gasteiger partial charge in [-0.05, 0) is 24.6 Å². The summed E-state index contributed by atoms with van der Waals surface area (Å²) in [6, 6.07) is 11.6. The van der Waals surface area contributed by atoms with Crippen molar-refractivity contribution in [3.63, 3.8) is 0 Å². The predicted molar refractivity (Wildman–Crippen MR) is 84.3 cm³/mol. The van der Waals surface area contributed by atoms with Gasteiger partial charge >= 0.3 is 0 Å². The van der Waals surface area contributed by atoms with Gasteiger partial charge in [0.15, 0.2) is 11.5 Å². The second-order valence-electron chi connectivity index (χ2n) is 4.67. The van der Waals surface area contributed by atoms with Gasteiger partial charge in [-0.1, -0.05) is 41.4 Å². The third kappa shape index (κ3) is 3.05. The molecular weight excluding hydrogens is 332 g/mol. The fraction of sp³-hybridized carbons (Fsp3) is 0.267. The molecule has 21 heavy (non-hydrogen) atoms. The number of ether oxygens (including phenoxy) is 1. The molecule has 2 heterocycles. The summed E-state index contributed by atoms with van der Waals surface area (Å²) in [4.78, 5) is 0. The van der Waals surface area contributed by atoms with Crippen molar-refractivity contribution in [1.82, 2.24) is 19.8 Å². The van der Waals surface area contributed by atoms with Crippen molar-refractivity contribution in [3.8, 4) is 17.3 Å². The fourth-order valence-electron chi connectivity index (χ4n) is 1.95. The van der Waals surface area contributed by atoms with E-state index in [1.165, 1.54) is 0 Å². The molecule has 0 aliphatic rings. The van der Waals surface area contributed by atoms with Gasteiger partial charge < -0.3 is 4.74 Å². The van der Waals surface area contributed by atoms with Gasteiger partial charge in [0.05, 0.1) is 6.61 Å². The lowest BCUT2D eigenvalue weighted by molar-refractivity contribution is 0.293. The first-order chi connectivity index (χ1) is 10.3. The van der Waals surface area contributed by atoms with E-state index in [1.54, 1.807) is 4.52 Å². The molecule has 108 valence electrons. The minimum Gasteiger partial charge on any atom is -0.477 e. The van der Waals surface area contributed by atoms with Crippen LogP contribution in [0, 0.1) is 0 Å². The Balaban J connectivity index is 1.95. The van der Waals surface area contributed by atoms with Crippen molar-refractivity contribution in [2.45, 2.75) is 19.8 Å². The van der Waals surface area contributed by atoms with Crippen LogP contribution in [0.15, 0.2) is 40.9 Å². The largest absolute Gasteiger partial charge is 0.477 e. The topological polar surface area (TPSA) is 52.3 Å². The van der Waals surface area contributed by atoms with Crippen LogP contribution in [0.1, 0.15) is 19.8 Å². The zero-order valence-electron chi connectivity index (χ0n) is 11.7. The molecule has 0 saturated heterocycles. The zero-order chi connectivity index (χ0) is 14.7. The first-order valence-electron chi connectivity index (χ1n) is 6.89. The lowest BCUT2D eigenvalue weighted by atomic mass is 10.2. The molecule has 3 aromatic rings. The smallest absolute Gasteiger partial charge is 0.231 e. The number of fused-ring (bicyclic) bond motifs is 1. The molecule has 0 aliphatic heterocycles. The van der Waals surface area contributed by atoms with Gasteiger partial charge in [-0.25, -0.2) is 0 Å². The highest BCUT2D eigenvalue weighted by Gasteiger charge is 2.10. The van der Waals surface area contributed by atoms with Crippen molar-refractivity contribution in [3.05, 3.63) is 40.9 Å². The maximum Gasteiger partial charge on any atom is 0.231 e. The minimum absolute atomic E-state index is 0.592. The first-order valence-corrected chi connectivity index (χ1v) is 7.68. The molecule has 0 fully saturated rings. The van der Waals surface area contributed by atoms with Crippen LogP contribution in [-0.4, -0.2) is 26.4 Å². The number of aromatic nitrogens is 4. The summed E-state index contributed by atoms with van der Waals surface area (Å²) in [5, 5.41) is 12.8. The number of unbranched alkanes of at least 4 members (excludes halogenated alkanes) is 1. The third-order valence-corrected chi connectivity index (χ3v) is 3.62. The number of nitrogens with zero attached hydrogens (tertiary/aromatic N) is 4. The van der Waals surface area contributed by atoms with E-state index in [2.05, 4.69) is 38.1 Å². The van der Waals surface area contributed by atoms with Crippen LogP contribution in [0.3, 0.4) is 0 Å². The molecule has 0 aliphatic carbocycles. The highest BCUT2D eigenvalue weighted by molar-refractivity contribution is 9.10. The minimum atomic E-state index is 0.592. The van der Waals surface area contributed by atoms with Gasteiger partial charge in [0.1, 0.15) is 0 Å². The van der Waals surface area contributed by atoms with E-state index in [-0.39, 0.29) is 0 Å². The number of hydrogen-bond acceptors (Lipinski definition) is 4. The Kier molecular flexibility index (Phi) is 4.15. The van der Waals surface area contributed by atoms with E-state index in [0.29, 0.717) is 24.0 Å². The molecule has 0 unspecified atom stereocenters. The van der Waals surface area contributed by atoms with Crippen molar-refractivity contribution in [1.29, 1.82) is 0 Å². The average molecular weight is 347 g/mol. The van der Waals surface area contributed by atoms with E-state index in [4.69, 9.17) is 4.74 Å². The number of hydrogen-bond donors (Lipinski definition) is 0. The molecule has 1 aromatic carbocycles. The van der Waals surface area contributed by atoms with E-state index < -0.39 is 0 Å². The summed E-state index contributed by atoms with van der Waals surface area (Å²) >= 11 is 3.43. The van der Waals surface area contributed by atoms with E-state index in [0.717, 1.165) is 22.9 Å². The van der Waals surface area contributed by atoms with Gasteiger partial charge in [0.25, 0.3) is 0 Å². The Morgan fingerprint density at radius 2 is 1.90 bits per heavy atom. The Labute approximate surface area is 131 Å². The van der Waals surface area contributed by atoms with Crippen LogP contribution in [0.2, 0.25) is 0 Å². The molecule has 0 amide bonds. The fourth-order valence-corrected chi connectivity index (χ4v) is 2.21. The molecule has 2 aromatic heterocycles. The van der Waals surface area contributed by atoms with E-state index in [1.807, 2.05) is 36.4 Å².